The van der Waals surface area contributed by atoms with Crippen LogP contribution in [0.4, 0.5) is 0 Å². The molecular formula is C4H7NO3. The molecule has 0 bridgehead atoms. The summed E-state index contributed by atoms with van der Waals surface area (Å²) >= 11 is 0. The van der Waals surface area contributed by atoms with E-state index in [1.54, 1.807) is 0 Å². The van der Waals surface area contributed by atoms with Crippen molar-refractivity contribution >= 4 is 5.97 Å². The molecule has 4 nitrogen and oxygen atoms in total. The van der Waals surface area contributed by atoms with Crippen molar-refractivity contribution in [1.29, 1.82) is 0 Å². The summed E-state index contributed by atoms with van der Waals surface area (Å²) in [5.41, 5.74) is 2.44. The number of carboxylic acid groups (broad SMARTS) is 1. The van der Waals surface area contributed by atoms with E-state index < -0.39 is 11.5 Å². The lowest BCUT2D eigenvalue weighted by Gasteiger charge is -2.34. The van der Waals surface area contributed by atoms with Crippen LogP contribution in [-0.4, -0.2) is 24.7 Å². The molecule has 1 saturated heterocycles. The van der Waals surface area contributed by atoms with Crippen LogP contribution < -0.4 is 10.8 Å². The van der Waals surface area contributed by atoms with Gasteiger partial charge >= 0.3 is 0 Å². The smallest absolute Gasteiger partial charge is 0.182 e. The molecule has 0 radical (unpaired) electrons. The van der Waals surface area contributed by atoms with Gasteiger partial charge in [-0.15, -0.1) is 0 Å². The normalized spacial score (nSPS) is 24.1. The van der Waals surface area contributed by atoms with Gasteiger partial charge in [-0.05, 0) is 0 Å². The molecule has 0 spiro atoms. The van der Waals surface area contributed by atoms with Crippen LogP contribution in [0, 0.1) is 0 Å². The number of carboxylic acids is 1. The Bertz CT molecular complexity index is 118. The van der Waals surface area contributed by atoms with Crippen molar-refractivity contribution in [2.75, 3.05) is 13.2 Å². The largest absolute Gasteiger partial charge is 0.544 e. The zero-order valence-electron chi connectivity index (χ0n) is 4.35. The summed E-state index contributed by atoms with van der Waals surface area (Å²) in [6.07, 6.45) is 0. The molecule has 1 aliphatic heterocycles. The molecule has 0 aliphatic carbocycles. The first-order chi connectivity index (χ1) is 3.65. The topological polar surface area (TPSA) is 77.0 Å². The zero-order chi connectivity index (χ0) is 6.20. The van der Waals surface area contributed by atoms with Crippen LogP contribution >= 0.6 is 0 Å². The van der Waals surface area contributed by atoms with Crippen molar-refractivity contribution in [3.05, 3.63) is 0 Å². The molecular weight excluding hydrogens is 110 g/mol. The highest BCUT2D eigenvalue weighted by molar-refractivity contribution is 5.75. The molecule has 0 atom stereocenters. The summed E-state index contributed by atoms with van der Waals surface area (Å²) in [5.74, 6) is -1.12. The quantitative estimate of drug-likeness (QED) is 0.392. The first-order valence-corrected chi connectivity index (χ1v) is 2.30. The number of hydrogen-bond acceptors (Lipinski definition) is 3. The van der Waals surface area contributed by atoms with Crippen molar-refractivity contribution in [3.8, 4) is 0 Å². The molecule has 0 unspecified atom stereocenters. The van der Waals surface area contributed by atoms with Crippen LogP contribution in [0.5, 0.6) is 0 Å². The van der Waals surface area contributed by atoms with Crippen LogP contribution in [0.3, 0.4) is 0 Å². The van der Waals surface area contributed by atoms with E-state index in [4.69, 9.17) is 0 Å². The van der Waals surface area contributed by atoms with E-state index in [2.05, 4.69) is 10.5 Å². The molecule has 0 aromatic rings. The predicted octanol–water partition coefficient (Wildman–Crippen LogP) is -3.25. The minimum absolute atomic E-state index is 0.190. The van der Waals surface area contributed by atoms with E-state index in [1.807, 2.05) is 0 Å². The van der Waals surface area contributed by atoms with Crippen LogP contribution in [0.25, 0.3) is 0 Å². The van der Waals surface area contributed by atoms with E-state index in [0.29, 0.717) is 0 Å². The molecule has 0 amide bonds. The van der Waals surface area contributed by atoms with Gasteiger partial charge in [0, 0.05) is 0 Å². The molecule has 1 heterocycles. The highest BCUT2D eigenvalue weighted by Crippen LogP contribution is 2.08. The third-order valence-corrected chi connectivity index (χ3v) is 1.19. The molecule has 0 saturated carbocycles. The fraction of sp³-hybridized carbons (Fsp3) is 0.750. The van der Waals surface area contributed by atoms with Gasteiger partial charge in [0.2, 0.25) is 0 Å². The SMILES string of the molecule is [NH3+]C1(C(=O)[O-])COC1. The van der Waals surface area contributed by atoms with Gasteiger partial charge < -0.3 is 20.4 Å². The third kappa shape index (κ3) is 0.579. The number of ether oxygens (including phenoxy) is 1. The van der Waals surface area contributed by atoms with E-state index in [0.717, 1.165) is 0 Å². The Morgan fingerprint density at radius 1 is 1.75 bits per heavy atom. The average molecular weight is 117 g/mol. The summed E-state index contributed by atoms with van der Waals surface area (Å²) in [5, 5.41) is 10.0. The fourth-order valence-electron chi connectivity index (χ4n) is 0.466. The molecule has 0 aromatic carbocycles. The Hall–Kier alpha value is -0.610. The molecule has 1 aliphatic rings. The number of hydrogen-bond donors (Lipinski definition) is 1. The van der Waals surface area contributed by atoms with Crippen molar-refractivity contribution in [1.82, 2.24) is 0 Å². The van der Waals surface area contributed by atoms with Gasteiger partial charge in [-0.1, -0.05) is 0 Å². The van der Waals surface area contributed by atoms with Gasteiger partial charge in [0.1, 0.15) is 19.2 Å². The molecule has 0 aromatic heterocycles. The zero-order valence-corrected chi connectivity index (χ0v) is 4.35. The van der Waals surface area contributed by atoms with Gasteiger partial charge in [-0.3, -0.25) is 0 Å². The Kier molecular flexibility index (Phi) is 0.988. The summed E-state index contributed by atoms with van der Waals surface area (Å²) in [6, 6.07) is 0. The van der Waals surface area contributed by atoms with Gasteiger partial charge in [-0.2, -0.15) is 0 Å². The van der Waals surface area contributed by atoms with Crippen LogP contribution in [0.2, 0.25) is 0 Å². The molecule has 1 rings (SSSR count). The Balaban J connectivity index is 2.53. The molecule has 8 heavy (non-hydrogen) atoms. The molecule has 1 fully saturated rings. The average Bonchev–Trinajstić information content (AvgIpc) is 1.60. The van der Waals surface area contributed by atoms with Crippen LogP contribution in [0.15, 0.2) is 0 Å². The Morgan fingerprint density at radius 2 is 2.25 bits per heavy atom. The molecule has 3 N–H and O–H groups in total. The second kappa shape index (κ2) is 1.43. The summed E-state index contributed by atoms with van der Waals surface area (Å²) in [6.45, 7) is 0.380. The lowest BCUT2D eigenvalue weighted by molar-refractivity contribution is -0.525. The summed E-state index contributed by atoms with van der Waals surface area (Å²) in [7, 11) is 0. The Morgan fingerprint density at radius 3 is 2.25 bits per heavy atom. The third-order valence-electron chi connectivity index (χ3n) is 1.19. The molecule has 4 heteroatoms. The van der Waals surface area contributed by atoms with E-state index in [-0.39, 0.29) is 13.2 Å². The maximum atomic E-state index is 10.0. The van der Waals surface area contributed by atoms with Crippen LogP contribution in [-0.2, 0) is 9.53 Å². The fourth-order valence-corrected chi connectivity index (χ4v) is 0.466. The minimum Gasteiger partial charge on any atom is -0.544 e. The maximum Gasteiger partial charge on any atom is 0.182 e. The number of carbonyl (C=O) groups is 1. The number of rotatable bonds is 1. The van der Waals surface area contributed by atoms with Crippen molar-refractivity contribution in [2.45, 2.75) is 5.54 Å². The number of aliphatic carboxylic acids is 1. The highest BCUT2D eigenvalue weighted by atomic mass is 16.5. The summed E-state index contributed by atoms with van der Waals surface area (Å²) in [4.78, 5) is 10.0. The predicted molar refractivity (Wildman–Crippen MR) is 21.4 cm³/mol. The van der Waals surface area contributed by atoms with Crippen LogP contribution in [0.1, 0.15) is 0 Å². The summed E-state index contributed by atoms with van der Waals surface area (Å²) < 4.78 is 4.62. The van der Waals surface area contributed by atoms with Gasteiger partial charge in [-0.25, -0.2) is 0 Å². The van der Waals surface area contributed by atoms with E-state index >= 15 is 0 Å². The second-order valence-corrected chi connectivity index (χ2v) is 2.06. The minimum atomic E-state index is -1.12. The second-order valence-electron chi connectivity index (χ2n) is 2.06. The first-order valence-electron chi connectivity index (χ1n) is 2.30. The van der Waals surface area contributed by atoms with Gasteiger partial charge in [0.05, 0.1) is 0 Å². The number of quaternary nitrogens is 1. The lowest BCUT2D eigenvalue weighted by Crippen LogP contribution is -2.87. The van der Waals surface area contributed by atoms with E-state index in [9.17, 15) is 9.90 Å². The van der Waals surface area contributed by atoms with Gasteiger partial charge in [0.15, 0.2) is 5.54 Å². The van der Waals surface area contributed by atoms with Gasteiger partial charge in [0.25, 0.3) is 0 Å². The lowest BCUT2D eigenvalue weighted by atomic mass is 10.0. The number of carbonyl (C=O) groups excluding carboxylic acids is 1. The molecule has 46 valence electrons. The maximum absolute atomic E-state index is 10.0. The van der Waals surface area contributed by atoms with Crippen molar-refractivity contribution < 1.29 is 20.4 Å². The monoisotopic (exact) mass is 117 g/mol. The highest BCUT2D eigenvalue weighted by Gasteiger charge is 2.40. The first kappa shape index (κ1) is 5.53. The van der Waals surface area contributed by atoms with Crippen molar-refractivity contribution in [3.63, 3.8) is 0 Å². The van der Waals surface area contributed by atoms with E-state index in [1.165, 1.54) is 0 Å². The van der Waals surface area contributed by atoms with Crippen molar-refractivity contribution in [2.24, 2.45) is 0 Å². The Labute approximate surface area is 46.2 Å². The standard InChI is InChI=1S/C4H7NO3/c5-4(3(6)7)1-8-2-4/h1-2,5H2,(H,6,7).